The number of carbonyl (C=O) groups excluding carboxylic acids is 1. The molecule has 76 valence electrons. The molecule has 13 heavy (non-hydrogen) atoms. The van der Waals surface area contributed by atoms with Crippen LogP contribution in [-0.2, 0) is 4.79 Å². The Balaban J connectivity index is 2.69. The number of nitrogens with zero attached hydrogens (tertiary/aromatic N) is 1. The van der Waals surface area contributed by atoms with Gasteiger partial charge in [0.05, 0.1) is 5.41 Å². The molecule has 1 aliphatic rings. The van der Waals surface area contributed by atoms with Gasteiger partial charge in [-0.3, -0.25) is 4.79 Å². The zero-order chi connectivity index (χ0) is 10.3. The smallest absolute Gasteiger partial charge is 0.231 e. The summed E-state index contributed by atoms with van der Waals surface area (Å²) in [6.07, 6.45) is 0.568. The van der Waals surface area contributed by atoms with Crippen molar-refractivity contribution in [2.45, 2.75) is 31.5 Å². The van der Waals surface area contributed by atoms with Crippen LogP contribution in [0.4, 0.5) is 0 Å². The molecule has 0 saturated heterocycles. The summed E-state index contributed by atoms with van der Waals surface area (Å²) >= 11 is 11.8. The molecule has 4 heteroatoms. The predicted octanol–water partition coefficient (Wildman–Crippen LogP) is 2.44. The molecule has 1 amide bonds. The quantitative estimate of drug-likeness (QED) is 0.674. The van der Waals surface area contributed by atoms with Crippen LogP contribution >= 0.6 is 23.2 Å². The van der Waals surface area contributed by atoms with E-state index in [2.05, 4.69) is 0 Å². The number of carbonyl (C=O) groups is 1. The number of alkyl halides is 2. The number of halogens is 2. The minimum atomic E-state index is -0.841. The topological polar surface area (TPSA) is 20.3 Å². The fourth-order valence-electron chi connectivity index (χ4n) is 1.49. The highest BCUT2D eigenvalue weighted by atomic mass is 35.5. The summed E-state index contributed by atoms with van der Waals surface area (Å²) in [6.45, 7) is 7.17. The summed E-state index contributed by atoms with van der Waals surface area (Å²) in [5.41, 5.74) is -0.553. The van der Waals surface area contributed by atoms with Gasteiger partial charge in [0.2, 0.25) is 5.91 Å². The van der Waals surface area contributed by atoms with Gasteiger partial charge in [0.1, 0.15) is 4.33 Å². The third-order valence-corrected chi connectivity index (χ3v) is 3.88. The fourth-order valence-corrected chi connectivity index (χ4v) is 2.19. The van der Waals surface area contributed by atoms with E-state index in [4.69, 9.17) is 23.2 Å². The average Bonchev–Trinajstić information content (AvgIpc) is 2.55. The normalized spacial score (nSPS) is 29.9. The number of hydrogen-bond acceptors (Lipinski definition) is 1. The highest BCUT2D eigenvalue weighted by molar-refractivity contribution is 6.53. The first kappa shape index (κ1) is 11.1. The lowest BCUT2D eigenvalue weighted by Gasteiger charge is -2.23. The van der Waals surface area contributed by atoms with Gasteiger partial charge >= 0.3 is 0 Å². The van der Waals surface area contributed by atoms with E-state index in [0.717, 1.165) is 13.1 Å². The fraction of sp³-hybridized carbons (Fsp3) is 0.889. The molecule has 2 nitrogen and oxygen atoms in total. The summed E-state index contributed by atoms with van der Waals surface area (Å²) in [7, 11) is 0. The van der Waals surface area contributed by atoms with Crippen molar-refractivity contribution in [1.82, 2.24) is 4.90 Å². The summed E-state index contributed by atoms with van der Waals surface area (Å²) in [5, 5.41) is 0. The summed E-state index contributed by atoms with van der Waals surface area (Å²) in [6, 6.07) is 0. The third kappa shape index (κ3) is 1.66. The van der Waals surface area contributed by atoms with Crippen molar-refractivity contribution in [3.8, 4) is 0 Å². The van der Waals surface area contributed by atoms with Gasteiger partial charge in [-0.2, -0.15) is 0 Å². The second-order valence-electron chi connectivity index (χ2n) is 3.69. The molecule has 1 atom stereocenters. The highest BCUT2D eigenvalue weighted by Crippen LogP contribution is 2.64. The van der Waals surface area contributed by atoms with Crippen LogP contribution in [0.5, 0.6) is 0 Å². The minimum absolute atomic E-state index is 0.0718. The van der Waals surface area contributed by atoms with E-state index in [1.807, 2.05) is 20.8 Å². The van der Waals surface area contributed by atoms with E-state index in [1.54, 1.807) is 4.90 Å². The van der Waals surface area contributed by atoms with E-state index in [-0.39, 0.29) is 5.91 Å². The van der Waals surface area contributed by atoms with Crippen molar-refractivity contribution in [2.24, 2.45) is 5.41 Å². The van der Waals surface area contributed by atoms with Gasteiger partial charge in [-0.05, 0) is 27.2 Å². The molecule has 0 aromatic carbocycles. The van der Waals surface area contributed by atoms with Crippen LogP contribution in [0, 0.1) is 5.41 Å². The van der Waals surface area contributed by atoms with Crippen LogP contribution < -0.4 is 0 Å². The molecule has 1 saturated carbocycles. The first-order valence-electron chi connectivity index (χ1n) is 4.56. The minimum Gasteiger partial charge on any atom is -0.343 e. The van der Waals surface area contributed by atoms with Crippen LogP contribution in [0.3, 0.4) is 0 Å². The van der Waals surface area contributed by atoms with Gasteiger partial charge in [-0.25, -0.2) is 0 Å². The lowest BCUT2D eigenvalue weighted by Crippen LogP contribution is -2.37. The Hall–Kier alpha value is 0.0500. The molecule has 0 aromatic rings. The van der Waals surface area contributed by atoms with E-state index >= 15 is 0 Å². The van der Waals surface area contributed by atoms with Crippen molar-refractivity contribution in [1.29, 1.82) is 0 Å². The monoisotopic (exact) mass is 223 g/mol. The largest absolute Gasteiger partial charge is 0.343 e. The SMILES string of the molecule is CCN(CC)C(=O)C1(C)CC1(Cl)Cl. The molecule has 0 aliphatic heterocycles. The standard InChI is InChI=1S/C9H15Cl2NO/c1-4-12(5-2)7(13)8(3)6-9(8,10)11/h4-6H2,1-3H3. The maximum absolute atomic E-state index is 11.9. The van der Waals surface area contributed by atoms with Crippen LogP contribution in [0.1, 0.15) is 27.2 Å². The van der Waals surface area contributed by atoms with Crippen LogP contribution in [0.15, 0.2) is 0 Å². The van der Waals surface area contributed by atoms with Crippen LogP contribution in [0.2, 0.25) is 0 Å². The van der Waals surface area contributed by atoms with Crippen LogP contribution in [0.25, 0.3) is 0 Å². The number of rotatable bonds is 3. The molecule has 0 aromatic heterocycles. The van der Waals surface area contributed by atoms with Crippen molar-refractivity contribution in [3.05, 3.63) is 0 Å². The van der Waals surface area contributed by atoms with Gasteiger partial charge < -0.3 is 4.90 Å². The second kappa shape index (κ2) is 3.32. The molecule has 1 unspecified atom stereocenters. The molecule has 1 aliphatic carbocycles. The lowest BCUT2D eigenvalue weighted by molar-refractivity contribution is -0.136. The molecule has 1 fully saturated rings. The van der Waals surface area contributed by atoms with E-state index in [1.165, 1.54) is 0 Å². The molecule has 1 rings (SSSR count). The second-order valence-corrected chi connectivity index (χ2v) is 5.17. The number of hydrogen-bond donors (Lipinski definition) is 0. The maximum Gasteiger partial charge on any atom is 0.231 e. The molecule has 0 bridgehead atoms. The third-order valence-electron chi connectivity index (χ3n) is 2.78. The Kier molecular flexibility index (Phi) is 2.84. The van der Waals surface area contributed by atoms with Crippen molar-refractivity contribution in [2.75, 3.05) is 13.1 Å². The van der Waals surface area contributed by atoms with Crippen molar-refractivity contribution in [3.63, 3.8) is 0 Å². The van der Waals surface area contributed by atoms with Crippen molar-refractivity contribution >= 4 is 29.1 Å². The summed E-state index contributed by atoms with van der Waals surface area (Å²) < 4.78 is -0.841. The van der Waals surface area contributed by atoms with E-state index in [0.29, 0.717) is 6.42 Å². The van der Waals surface area contributed by atoms with E-state index in [9.17, 15) is 4.79 Å². The molecule has 0 spiro atoms. The molecule has 0 radical (unpaired) electrons. The highest BCUT2D eigenvalue weighted by Gasteiger charge is 2.68. The molecular weight excluding hydrogens is 209 g/mol. The zero-order valence-electron chi connectivity index (χ0n) is 8.23. The lowest BCUT2D eigenvalue weighted by atomic mass is 10.1. The number of amides is 1. The van der Waals surface area contributed by atoms with E-state index < -0.39 is 9.75 Å². The molecule has 0 heterocycles. The Morgan fingerprint density at radius 2 is 1.77 bits per heavy atom. The Morgan fingerprint density at radius 3 is 2.00 bits per heavy atom. The first-order chi connectivity index (χ1) is 5.89. The van der Waals surface area contributed by atoms with Gasteiger partial charge in [0, 0.05) is 13.1 Å². The summed E-state index contributed by atoms with van der Waals surface area (Å²) in [4.78, 5) is 13.6. The molecule has 0 N–H and O–H groups in total. The van der Waals surface area contributed by atoms with Gasteiger partial charge in [0.15, 0.2) is 0 Å². The predicted molar refractivity (Wildman–Crippen MR) is 55.1 cm³/mol. The van der Waals surface area contributed by atoms with Gasteiger partial charge in [-0.15, -0.1) is 23.2 Å². The Labute approximate surface area is 89.2 Å². The summed E-state index contributed by atoms with van der Waals surface area (Å²) in [5.74, 6) is 0.0718. The Morgan fingerprint density at radius 1 is 1.38 bits per heavy atom. The maximum atomic E-state index is 11.9. The van der Waals surface area contributed by atoms with Gasteiger partial charge in [-0.1, -0.05) is 0 Å². The first-order valence-corrected chi connectivity index (χ1v) is 5.32. The zero-order valence-corrected chi connectivity index (χ0v) is 9.74. The van der Waals surface area contributed by atoms with Gasteiger partial charge in [0.25, 0.3) is 0 Å². The Bertz CT molecular complexity index is 226. The van der Waals surface area contributed by atoms with Crippen molar-refractivity contribution < 1.29 is 4.79 Å². The van der Waals surface area contributed by atoms with Crippen LogP contribution in [-0.4, -0.2) is 28.2 Å². The molecular formula is C9H15Cl2NO. The average molecular weight is 224 g/mol.